The minimum atomic E-state index is -0.639. The minimum Gasteiger partial charge on any atom is -0.455 e. The summed E-state index contributed by atoms with van der Waals surface area (Å²) in [6.07, 6.45) is 0. The van der Waals surface area contributed by atoms with Crippen molar-refractivity contribution < 1.29 is 18.0 Å². The van der Waals surface area contributed by atoms with Crippen LogP contribution in [-0.2, 0) is 6.54 Å². The summed E-state index contributed by atoms with van der Waals surface area (Å²) in [4.78, 5) is 12.9. The lowest BCUT2D eigenvalue weighted by atomic mass is 9.94. The van der Waals surface area contributed by atoms with Crippen LogP contribution in [0.15, 0.2) is 77.2 Å². The molecule has 0 radical (unpaired) electrons. The fourth-order valence-electron chi connectivity index (χ4n) is 4.88. The van der Waals surface area contributed by atoms with E-state index in [0.717, 1.165) is 33.0 Å². The van der Waals surface area contributed by atoms with Crippen LogP contribution in [0.4, 0.5) is 8.78 Å². The summed E-state index contributed by atoms with van der Waals surface area (Å²) in [5.41, 5.74) is 10.7. The predicted octanol–water partition coefficient (Wildman–Crippen LogP) is 6.64. The fraction of sp³-hybridized carbons (Fsp3) is 0.0667. The van der Waals surface area contributed by atoms with E-state index in [1.54, 1.807) is 36.4 Å². The number of furan rings is 2. The fourth-order valence-corrected chi connectivity index (χ4v) is 4.88. The van der Waals surface area contributed by atoms with Crippen LogP contribution in [0.2, 0.25) is 0 Å². The third-order valence-electron chi connectivity index (χ3n) is 6.75. The second kappa shape index (κ2) is 8.41. The van der Waals surface area contributed by atoms with Gasteiger partial charge in [0.2, 0.25) is 0 Å². The van der Waals surface area contributed by atoms with Crippen LogP contribution in [-0.4, -0.2) is 11.7 Å². The number of nitrogens with one attached hydrogen (secondary N) is 2. The molecular formula is C30H21F2N3O2. The number of aryl methyl sites for hydroxylation is 1. The number of amides is 1. The zero-order valence-electron chi connectivity index (χ0n) is 19.8. The van der Waals surface area contributed by atoms with Crippen LogP contribution >= 0.6 is 0 Å². The van der Waals surface area contributed by atoms with Gasteiger partial charge in [0.25, 0.3) is 5.91 Å². The highest BCUT2D eigenvalue weighted by Gasteiger charge is 2.23. The molecule has 0 aliphatic heterocycles. The molecule has 4 aromatic carbocycles. The number of nitrogens with two attached hydrogens (primary N) is 1. The number of amidine groups is 1. The zero-order valence-corrected chi connectivity index (χ0v) is 19.8. The predicted molar refractivity (Wildman–Crippen MR) is 141 cm³/mol. The summed E-state index contributed by atoms with van der Waals surface area (Å²) < 4.78 is 34.6. The molecule has 0 unspecified atom stereocenters. The van der Waals surface area contributed by atoms with Gasteiger partial charge in [0.05, 0.1) is 5.56 Å². The molecule has 0 aliphatic rings. The van der Waals surface area contributed by atoms with Gasteiger partial charge >= 0.3 is 0 Å². The van der Waals surface area contributed by atoms with E-state index in [1.165, 1.54) is 24.3 Å². The van der Waals surface area contributed by atoms with Gasteiger partial charge in [0.15, 0.2) is 0 Å². The van der Waals surface area contributed by atoms with Gasteiger partial charge in [-0.25, -0.2) is 8.78 Å². The van der Waals surface area contributed by atoms with E-state index in [4.69, 9.17) is 15.6 Å². The molecule has 1 amide bonds. The molecule has 7 heteroatoms. The van der Waals surface area contributed by atoms with Gasteiger partial charge in [-0.15, -0.1) is 0 Å². The van der Waals surface area contributed by atoms with Crippen LogP contribution in [0.5, 0.6) is 0 Å². The zero-order chi connectivity index (χ0) is 25.8. The molecule has 182 valence electrons. The molecule has 6 aromatic rings. The SMILES string of the molecule is Cc1cc(-c2ccc(F)cc2)cc2c3oc(c4cc(C(=O)NCc5ccc(C(=N)N)cc5)c(F)cc43)c12. The first-order valence-electron chi connectivity index (χ1n) is 11.7. The number of hydrogen-bond donors (Lipinski definition) is 3. The second-order valence-electron chi connectivity index (χ2n) is 9.15. The largest absolute Gasteiger partial charge is 0.455 e. The Hall–Kier alpha value is -4.78. The molecule has 0 spiro atoms. The normalized spacial score (nSPS) is 11.5. The van der Waals surface area contributed by atoms with E-state index in [1.807, 2.05) is 19.1 Å². The third-order valence-corrected chi connectivity index (χ3v) is 6.75. The Labute approximate surface area is 210 Å². The number of benzene rings is 5. The van der Waals surface area contributed by atoms with Crippen molar-refractivity contribution in [2.75, 3.05) is 0 Å². The van der Waals surface area contributed by atoms with Gasteiger partial charge in [-0.1, -0.05) is 42.5 Å². The summed E-state index contributed by atoms with van der Waals surface area (Å²) >= 11 is 0. The van der Waals surface area contributed by atoms with Crippen LogP contribution in [0.1, 0.15) is 27.0 Å². The molecule has 5 nitrogen and oxygen atoms in total. The molecule has 4 N–H and O–H groups in total. The maximum atomic E-state index is 15.1. The Morgan fingerprint density at radius 2 is 1.59 bits per heavy atom. The highest BCUT2D eigenvalue weighted by molar-refractivity contribution is 6.27. The lowest BCUT2D eigenvalue weighted by Gasteiger charge is -2.09. The van der Waals surface area contributed by atoms with E-state index < -0.39 is 11.7 Å². The maximum absolute atomic E-state index is 15.1. The first-order chi connectivity index (χ1) is 17.8. The second-order valence-corrected chi connectivity index (χ2v) is 9.15. The standard InChI is InChI=1S/C30H21F2N3O2/c1-15-10-19(17-6-8-20(31)9-7-17)11-24-26(15)28-21-12-23(25(32)13-22(21)27(24)37-28)30(36)35-14-16-2-4-18(5-3-16)29(33)34/h2-13H,14H2,1H3,(H3,33,34)(H,35,36). The quantitative estimate of drug-likeness (QED) is 0.143. The first-order valence-corrected chi connectivity index (χ1v) is 11.7. The Morgan fingerprint density at radius 1 is 0.892 bits per heavy atom. The van der Waals surface area contributed by atoms with Crippen molar-refractivity contribution in [2.45, 2.75) is 13.5 Å². The van der Waals surface area contributed by atoms with Crippen molar-refractivity contribution in [1.29, 1.82) is 5.41 Å². The van der Waals surface area contributed by atoms with Crippen LogP contribution < -0.4 is 11.1 Å². The molecule has 2 aromatic heterocycles. The summed E-state index contributed by atoms with van der Waals surface area (Å²) in [7, 11) is 0. The smallest absolute Gasteiger partial charge is 0.254 e. The van der Waals surface area contributed by atoms with Gasteiger partial charge < -0.3 is 15.5 Å². The summed E-state index contributed by atoms with van der Waals surface area (Å²) in [5.74, 6) is -1.51. The summed E-state index contributed by atoms with van der Waals surface area (Å²) in [6, 6.07) is 20.1. The van der Waals surface area contributed by atoms with Crippen molar-refractivity contribution in [3.05, 3.63) is 107 Å². The lowest BCUT2D eigenvalue weighted by molar-refractivity contribution is 0.0947. The molecule has 0 aliphatic carbocycles. The number of carbonyl (C=O) groups is 1. The Balaban J connectivity index is 1.36. The van der Waals surface area contributed by atoms with Gasteiger partial charge in [0.1, 0.15) is 28.6 Å². The average Bonchev–Trinajstić information content (AvgIpc) is 3.44. The Bertz CT molecular complexity index is 1840. The third kappa shape index (κ3) is 3.76. The van der Waals surface area contributed by atoms with E-state index >= 15 is 4.39 Å². The van der Waals surface area contributed by atoms with E-state index in [0.29, 0.717) is 27.5 Å². The summed E-state index contributed by atoms with van der Waals surface area (Å²) in [5, 5.41) is 13.3. The number of carbonyl (C=O) groups excluding carboxylic acids is 1. The Morgan fingerprint density at radius 3 is 2.30 bits per heavy atom. The molecule has 0 saturated heterocycles. The lowest BCUT2D eigenvalue weighted by Crippen LogP contribution is -2.24. The van der Waals surface area contributed by atoms with Gasteiger partial charge in [-0.2, -0.15) is 0 Å². The molecule has 2 bridgehead atoms. The van der Waals surface area contributed by atoms with Crippen molar-refractivity contribution in [3.8, 4) is 11.1 Å². The molecule has 6 rings (SSSR count). The van der Waals surface area contributed by atoms with E-state index in [9.17, 15) is 9.18 Å². The molecule has 0 saturated carbocycles. The molecule has 37 heavy (non-hydrogen) atoms. The van der Waals surface area contributed by atoms with Crippen molar-refractivity contribution in [3.63, 3.8) is 0 Å². The monoisotopic (exact) mass is 493 g/mol. The number of nitrogen functional groups attached to an aromatic ring is 1. The number of rotatable bonds is 5. The maximum Gasteiger partial charge on any atom is 0.254 e. The number of halogens is 2. The number of fused-ring (bicyclic) bond motifs is 8. The highest BCUT2D eigenvalue weighted by Crippen LogP contribution is 2.44. The van der Waals surface area contributed by atoms with Gasteiger partial charge in [-0.3, -0.25) is 10.2 Å². The Kier molecular flexibility index (Phi) is 5.15. The molecule has 2 heterocycles. The van der Waals surface area contributed by atoms with Crippen molar-refractivity contribution in [2.24, 2.45) is 5.73 Å². The van der Waals surface area contributed by atoms with Crippen LogP contribution in [0.3, 0.4) is 0 Å². The summed E-state index contributed by atoms with van der Waals surface area (Å²) in [6.45, 7) is 2.17. The van der Waals surface area contributed by atoms with E-state index in [-0.39, 0.29) is 23.8 Å². The van der Waals surface area contributed by atoms with Crippen molar-refractivity contribution >= 4 is 44.5 Å². The molecule has 0 atom stereocenters. The van der Waals surface area contributed by atoms with Gasteiger partial charge in [-0.05, 0) is 59.5 Å². The molecular weight excluding hydrogens is 472 g/mol. The first kappa shape index (κ1) is 22.7. The van der Waals surface area contributed by atoms with Gasteiger partial charge in [0, 0.05) is 33.7 Å². The van der Waals surface area contributed by atoms with Crippen LogP contribution in [0.25, 0.3) is 43.8 Å². The number of hydrogen-bond acceptors (Lipinski definition) is 3. The topological polar surface area (TPSA) is 92.1 Å². The minimum absolute atomic E-state index is 0.0359. The highest BCUT2D eigenvalue weighted by atomic mass is 19.1. The van der Waals surface area contributed by atoms with Crippen molar-refractivity contribution in [1.82, 2.24) is 5.32 Å². The van der Waals surface area contributed by atoms with E-state index in [2.05, 4.69) is 5.32 Å². The molecule has 0 fully saturated rings. The average molecular weight is 494 g/mol. The van der Waals surface area contributed by atoms with Crippen LogP contribution in [0, 0.1) is 24.0 Å².